The highest BCUT2D eigenvalue weighted by atomic mass is 15.3. The van der Waals surface area contributed by atoms with E-state index in [1.54, 1.807) is 0 Å². The van der Waals surface area contributed by atoms with Crippen molar-refractivity contribution < 1.29 is 0 Å². The summed E-state index contributed by atoms with van der Waals surface area (Å²) >= 11 is 0. The van der Waals surface area contributed by atoms with Crippen molar-refractivity contribution in [2.24, 2.45) is 5.84 Å². The first-order valence-electron chi connectivity index (χ1n) is 4.55. The van der Waals surface area contributed by atoms with Crippen LogP contribution in [0.2, 0.25) is 0 Å². The molecular formula is C8H19N3. The number of nitrogens with two attached hydrogens (primary N) is 1. The molecule has 1 unspecified atom stereocenters. The van der Waals surface area contributed by atoms with Crippen LogP contribution >= 0.6 is 0 Å². The van der Waals surface area contributed by atoms with E-state index in [2.05, 4.69) is 17.2 Å². The lowest BCUT2D eigenvalue weighted by Gasteiger charge is -2.14. The molecule has 1 aliphatic rings. The predicted molar refractivity (Wildman–Crippen MR) is 47.1 cm³/mol. The van der Waals surface area contributed by atoms with Gasteiger partial charge >= 0.3 is 0 Å². The second-order valence-electron chi connectivity index (χ2n) is 3.31. The van der Waals surface area contributed by atoms with Crippen LogP contribution in [0.4, 0.5) is 0 Å². The molecule has 3 heteroatoms. The van der Waals surface area contributed by atoms with Crippen LogP contribution in [-0.4, -0.2) is 30.6 Å². The van der Waals surface area contributed by atoms with Crippen LogP contribution in [0.5, 0.6) is 0 Å². The Bertz CT molecular complexity index is 106. The van der Waals surface area contributed by atoms with Crippen molar-refractivity contribution in [1.29, 1.82) is 0 Å². The van der Waals surface area contributed by atoms with E-state index in [9.17, 15) is 0 Å². The third-order valence-corrected chi connectivity index (χ3v) is 2.34. The van der Waals surface area contributed by atoms with Crippen LogP contribution in [0, 0.1) is 0 Å². The van der Waals surface area contributed by atoms with Gasteiger partial charge in [-0.05, 0) is 25.9 Å². The first-order valence-corrected chi connectivity index (χ1v) is 4.55. The number of nitrogens with zero attached hydrogens (tertiary/aromatic N) is 1. The van der Waals surface area contributed by atoms with E-state index in [0.717, 1.165) is 6.54 Å². The molecule has 0 saturated carbocycles. The fourth-order valence-electron chi connectivity index (χ4n) is 1.55. The van der Waals surface area contributed by atoms with Gasteiger partial charge in [0.1, 0.15) is 0 Å². The van der Waals surface area contributed by atoms with E-state index in [0.29, 0.717) is 6.04 Å². The van der Waals surface area contributed by atoms with Crippen LogP contribution in [-0.2, 0) is 0 Å². The normalized spacial score (nSPS) is 26.2. The van der Waals surface area contributed by atoms with Gasteiger partial charge in [-0.1, -0.05) is 13.3 Å². The van der Waals surface area contributed by atoms with Gasteiger partial charge in [0, 0.05) is 12.6 Å². The minimum absolute atomic E-state index is 0.534. The highest BCUT2D eigenvalue weighted by Gasteiger charge is 2.19. The van der Waals surface area contributed by atoms with Crippen LogP contribution < -0.4 is 11.3 Å². The van der Waals surface area contributed by atoms with Gasteiger partial charge < -0.3 is 4.90 Å². The topological polar surface area (TPSA) is 41.3 Å². The van der Waals surface area contributed by atoms with E-state index < -0.39 is 0 Å². The number of likely N-dealkylation sites (tertiary alicyclic amines) is 1. The van der Waals surface area contributed by atoms with Gasteiger partial charge in [-0.2, -0.15) is 0 Å². The van der Waals surface area contributed by atoms with Crippen molar-refractivity contribution >= 4 is 0 Å². The molecule has 3 nitrogen and oxygen atoms in total. The van der Waals surface area contributed by atoms with Crippen LogP contribution in [0.1, 0.15) is 26.2 Å². The number of unbranched alkanes of at least 4 members (excludes halogenated alkanes) is 1. The fraction of sp³-hybridized carbons (Fsp3) is 1.00. The summed E-state index contributed by atoms with van der Waals surface area (Å²) < 4.78 is 0. The summed E-state index contributed by atoms with van der Waals surface area (Å²) in [6.45, 7) is 5.83. The molecule has 0 spiro atoms. The molecule has 0 amide bonds. The average molecular weight is 157 g/mol. The quantitative estimate of drug-likeness (QED) is 0.456. The average Bonchev–Trinajstić information content (AvgIpc) is 2.48. The smallest absolute Gasteiger partial charge is 0.0350 e. The van der Waals surface area contributed by atoms with Gasteiger partial charge in [0.05, 0.1) is 0 Å². The lowest BCUT2D eigenvalue weighted by atomic mass is 10.3. The Kier molecular flexibility index (Phi) is 3.83. The minimum Gasteiger partial charge on any atom is -0.302 e. The monoisotopic (exact) mass is 157 g/mol. The number of hydrazine groups is 1. The van der Waals surface area contributed by atoms with Crippen molar-refractivity contribution in [1.82, 2.24) is 10.3 Å². The van der Waals surface area contributed by atoms with E-state index in [1.807, 2.05) is 0 Å². The minimum atomic E-state index is 0.534. The molecule has 1 atom stereocenters. The highest BCUT2D eigenvalue weighted by molar-refractivity contribution is 4.78. The molecule has 66 valence electrons. The number of nitrogens with one attached hydrogen (secondary N) is 1. The molecule has 3 N–H and O–H groups in total. The summed E-state index contributed by atoms with van der Waals surface area (Å²) in [6.07, 6.45) is 3.81. The Morgan fingerprint density at radius 1 is 1.64 bits per heavy atom. The summed E-state index contributed by atoms with van der Waals surface area (Å²) in [7, 11) is 0. The standard InChI is InChI=1S/C8H19N3/c1-2-3-5-11-6-4-8(7-11)10-9/h8,10H,2-7,9H2,1H3. The maximum atomic E-state index is 5.35. The fourth-order valence-corrected chi connectivity index (χ4v) is 1.55. The molecule has 0 bridgehead atoms. The van der Waals surface area contributed by atoms with Crippen molar-refractivity contribution in [3.05, 3.63) is 0 Å². The van der Waals surface area contributed by atoms with Crippen molar-refractivity contribution in [3.63, 3.8) is 0 Å². The lowest BCUT2D eigenvalue weighted by molar-refractivity contribution is 0.322. The largest absolute Gasteiger partial charge is 0.302 e. The molecule has 1 fully saturated rings. The van der Waals surface area contributed by atoms with Crippen LogP contribution in [0.15, 0.2) is 0 Å². The Balaban J connectivity index is 2.09. The van der Waals surface area contributed by atoms with Gasteiger partial charge in [0.25, 0.3) is 0 Å². The molecule has 0 radical (unpaired) electrons. The highest BCUT2D eigenvalue weighted by Crippen LogP contribution is 2.08. The maximum Gasteiger partial charge on any atom is 0.0350 e. The number of hydrogen-bond donors (Lipinski definition) is 2. The molecule has 1 saturated heterocycles. The van der Waals surface area contributed by atoms with E-state index >= 15 is 0 Å². The summed E-state index contributed by atoms with van der Waals surface area (Å²) in [6, 6.07) is 0.534. The van der Waals surface area contributed by atoms with E-state index in [1.165, 1.54) is 32.4 Å². The third-order valence-electron chi connectivity index (χ3n) is 2.34. The Morgan fingerprint density at radius 2 is 2.45 bits per heavy atom. The van der Waals surface area contributed by atoms with Crippen molar-refractivity contribution in [3.8, 4) is 0 Å². The maximum absolute atomic E-state index is 5.35. The molecule has 0 aromatic heterocycles. The van der Waals surface area contributed by atoms with Gasteiger partial charge in [-0.15, -0.1) is 0 Å². The summed E-state index contributed by atoms with van der Waals surface area (Å²) in [4.78, 5) is 2.48. The molecule has 1 rings (SSSR count). The van der Waals surface area contributed by atoms with Gasteiger partial charge in [-0.3, -0.25) is 11.3 Å². The predicted octanol–water partition coefficient (Wildman–Crippen LogP) is 0.324. The first kappa shape index (κ1) is 8.97. The SMILES string of the molecule is CCCCN1CCC(NN)C1. The number of rotatable bonds is 4. The lowest BCUT2D eigenvalue weighted by Crippen LogP contribution is -2.37. The first-order chi connectivity index (χ1) is 5.36. The van der Waals surface area contributed by atoms with Gasteiger partial charge in [0.2, 0.25) is 0 Å². The molecule has 0 aromatic carbocycles. The van der Waals surface area contributed by atoms with E-state index in [4.69, 9.17) is 5.84 Å². The summed E-state index contributed by atoms with van der Waals surface area (Å²) in [5.41, 5.74) is 2.83. The summed E-state index contributed by atoms with van der Waals surface area (Å²) in [5.74, 6) is 5.35. The molecule has 1 heterocycles. The van der Waals surface area contributed by atoms with Crippen LogP contribution in [0.3, 0.4) is 0 Å². The van der Waals surface area contributed by atoms with Gasteiger partial charge in [0.15, 0.2) is 0 Å². The van der Waals surface area contributed by atoms with Gasteiger partial charge in [-0.25, -0.2) is 0 Å². The second-order valence-corrected chi connectivity index (χ2v) is 3.31. The zero-order chi connectivity index (χ0) is 8.10. The van der Waals surface area contributed by atoms with E-state index in [-0.39, 0.29) is 0 Å². The zero-order valence-corrected chi connectivity index (χ0v) is 7.34. The zero-order valence-electron chi connectivity index (χ0n) is 7.34. The second kappa shape index (κ2) is 4.70. The molecule has 0 aliphatic carbocycles. The molecule has 11 heavy (non-hydrogen) atoms. The number of hydrogen-bond acceptors (Lipinski definition) is 3. The van der Waals surface area contributed by atoms with Crippen molar-refractivity contribution in [2.45, 2.75) is 32.2 Å². The third kappa shape index (κ3) is 2.77. The van der Waals surface area contributed by atoms with Crippen molar-refractivity contribution in [2.75, 3.05) is 19.6 Å². The summed E-state index contributed by atoms with van der Waals surface area (Å²) in [5, 5.41) is 0. The Hall–Kier alpha value is -0.120. The molecule has 0 aromatic rings. The van der Waals surface area contributed by atoms with Crippen LogP contribution in [0.25, 0.3) is 0 Å². The Labute approximate surface area is 68.9 Å². The molecular weight excluding hydrogens is 138 g/mol. The Morgan fingerprint density at radius 3 is 3.00 bits per heavy atom. The molecule has 1 aliphatic heterocycles.